The van der Waals surface area contributed by atoms with Gasteiger partial charge >= 0.3 is 5.97 Å². The van der Waals surface area contributed by atoms with E-state index in [9.17, 15) is 4.79 Å². The van der Waals surface area contributed by atoms with Crippen LogP contribution in [-0.4, -0.2) is 19.7 Å². The fraction of sp³-hybridized carbons (Fsp3) is 0.500. The van der Waals surface area contributed by atoms with Crippen LogP contribution in [0.2, 0.25) is 0 Å². The molecule has 0 radical (unpaired) electrons. The van der Waals surface area contributed by atoms with Crippen LogP contribution in [0.1, 0.15) is 43.5 Å². The number of esters is 1. The van der Waals surface area contributed by atoms with Crippen LogP contribution in [0.4, 0.5) is 0 Å². The molecule has 0 unspecified atom stereocenters. The van der Waals surface area contributed by atoms with Crippen molar-refractivity contribution < 1.29 is 14.3 Å². The van der Waals surface area contributed by atoms with Crippen molar-refractivity contribution in [3.8, 4) is 11.8 Å². The van der Waals surface area contributed by atoms with Crippen LogP contribution in [0.25, 0.3) is 0 Å². The van der Waals surface area contributed by atoms with Gasteiger partial charge in [0, 0.05) is 0 Å². The Kier molecular flexibility index (Phi) is 6.05. The molecular weight excluding hydrogens is 254 g/mol. The highest BCUT2D eigenvalue weighted by Gasteiger charge is 2.15. The van der Waals surface area contributed by atoms with Crippen LogP contribution in [0, 0.1) is 16.7 Å². The molecule has 0 heterocycles. The van der Waals surface area contributed by atoms with Gasteiger partial charge in [-0.2, -0.15) is 5.26 Å². The number of nitriles is 1. The summed E-state index contributed by atoms with van der Waals surface area (Å²) in [5, 5.41) is 8.90. The van der Waals surface area contributed by atoms with Crippen LogP contribution < -0.4 is 4.74 Å². The van der Waals surface area contributed by atoms with Crippen molar-refractivity contribution in [2.45, 2.75) is 33.1 Å². The molecule has 0 aliphatic rings. The van der Waals surface area contributed by atoms with Crippen LogP contribution in [-0.2, 0) is 4.74 Å². The van der Waals surface area contributed by atoms with Gasteiger partial charge in [-0.1, -0.05) is 0 Å². The molecule has 1 aromatic rings. The highest BCUT2D eigenvalue weighted by Crippen LogP contribution is 2.21. The van der Waals surface area contributed by atoms with E-state index in [1.165, 1.54) is 7.11 Å². The van der Waals surface area contributed by atoms with Crippen LogP contribution in [0.3, 0.4) is 0 Å². The second-order valence-corrected chi connectivity index (χ2v) is 5.32. The van der Waals surface area contributed by atoms with Crippen LogP contribution in [0.15, 0.2) is 24.3 Å². The molecule has 0 aliphatic heterocycles. The molecule has 0 saturated heterocycles. The lowest BCUT2D eigenvalue weighted by Gasteiger charge is -2.14. The summed E-state index contributed by atoms with van der Waals surface area (Å²) in [7, 11) is 1.36. The van der Waals surface area contributed by atoms with Gasteiger partial charge < -0.3 is 9.47 Å². The number of unbranched alkanes of at least 4 members (excludes halogenated alkanes) is 1. The highest BCUT2D eigenvalue weighted by molar-refractivity contribution is 5.89. The van der Waals surface area contributed by atoms with Gasteiger partial charge in [0.1, 0.15) is 5.75 Å². The monoisotopic (exact) mass is 275 g/mol. The van der Waals surface area contributed by atoms with E-state index >= 15 is 0 Å². The molecule has 0 spiro atoms. The lowest BCUT2D eigenvalue weighted by atomic mass is 9.89. The maximum atomic E-state index is 11.3. The SMILES string of the molecule is COC(=O)c1ccc(OCCCCC(C)(C)C#N)cc1. The molecule has 0 atom stereocenters. The Morgan fingerprint density at radius 2 is 1.90 bits per heavy atom. The van der Waals surface area contributed by atoms with Crippen molar-refractivity contribution in [1.29, 1.82) is 5.26 Å². The minimum Gasteiger partial charge on any atom is -0.494 e. The molecule has 20 heavy (non-hydrogen) atoms. The van der Waals surface area contributed by atoms with E-state index in [-0.39, 0.29) is 11.4 Å². The minimum absolute atomic E-state index is 0.262. The van der Waals surface area contributed by atoms with E-state index in [2.05, 4.69) is 10.8 Å². The van der Waals surface area contributed by atoms with E-state index in [0.29, 0.717) is 12.2 Å². The molecule has 0 aliphatic carbocycles. The van der Waals surface area contributed by atoms with E-state index < -0.39 is 0 Å². The molecule has 0 saturated carbocycles. The van der Waals surface area contributed by atoms with Gasteiger partial charge in [0.15, 0.2) is 0 Å². The molecular formula is C16H21NO3. The van der Waals surface area contributed by atoms with Crippen molar-refractivity contribution in [1.82, 2.24) is 0 Å². The summed E-state index contributed by atoms with van der Waals surface area (Å²) in [4.78, 5) is 11.3. The van der Waals surface area contributed by atoms with Crippen molar-refractivity contribution in [3.05, 3.63) is 29.8 Å². The Labute approximate surface area is 120 Å². The Morgan fingerprint density at radius 1 is 1.25 bits per heavy atom. The summed E-state index contributed by atoms with van der Waals surface area (Å²) in [5.41, 5.74) is 0.248. The quantitative estimate of drug-likeness (QED) is 0.564. The summed E-state index contributed by atoms with van der Waals surface area (Å²) < 4.78 is 10.2. The second kappa shape index (κ2) is 7.54. The standard InChI is InChI=1S/C16H21NO3/c1-16(2,12-17)10-4-5-11-20-14-8-6-13(7-9-14)15(18)19-3/h6-9H,4-5,10-11H2,1-3H3. The summed E-state index contributed by atoms with van der Waals surface area (Å²) >= 11 is 0. The average Bonchev–Trinajstić information content (AvgIpc) is 2.46. The summed E-state index contributed by atoms with van der Waals surface area (Å²) in [6.45, 7) is 4.50. The first-order valence-corrected chi connectivity index (χ1v) is 6.71. The zero-order valence-corrected chi connectivity index (χ0v) is 12.3. The van der Waals surface area contributed by atoms with Gasteiger partial charge in [-0.15, -0.1) is 0 Å². The maximum absolute atomic E-state index is 11.3. The molecule has 0 amide bonds. The molecule has 0 fully saturated rings. The summed E-state index contributed by atoms with van der Waals surface area (Å²) in [6, 6.07) is 9.16. The molecule has 0 aromatic heterocycles. The number of benzene rings is 1. The number of methoxy groups -OCH3 is 1. The summed E-state index contributed by atoms with van der Waals surface area (Å²) in [6.07, 6.45) is 2.73. The summed E-state index contributed by atoms with van der Waals surface area (Å²) in [5.74, 6) is 0.382. The predicted molar refractivity (Wildman–Crippen MR) is 76.5 cm³/mol. The number of carbonyl (C=O) groups excluding carboxylic acids is 1. The zero-order chi connectivity index (χ0) is 15.0. The number of carbonyl (C=O) groups is 1. The zero-order valence-electron chi connectivity index (χ0n) is 12.3. The van der Waals surface area contributed by atoms with Gasteiger partial charge in [0.05, 0.1) is 30.8 Å². The molecule has 1 rings (SSSR count). The Bertz CT molecular complexity index is 471. The van der Waals surface area contributed by atoms with Crippen molar-refractivity contribution >= 4 is 5.97 Å². The number of hydrogen-bond acceptors (Lipinski definition) is 4. The normalized spacial score (nSPS) is 10.7. The van der Waals surface area contributed by atoms with Crippen molar-refractivity contribution in [2.75, 3.05) is 13.7 Å². The van der Waals surface area contributed by atoms with Crippen molar-refractivity contribution in [3.63, 3.8) is 0 Å². The van der Waals surface area contributed by atoms with Gasteiger partial charge in [-0.3, -0.25) is 0 Å². The van der Waals surface area contributed by atoms with Crippen molar-refractivity contribution in [2.24, 2.45) is 5.41 Å². The van der Waals surface area contributed by atoms with E-state index in [1.807, 2.05) is 13.8 Å². The molecule has 4 nitrogen and oxygen atoms in total. The molecule has 4 heteroatoms. The van der Waals surface area contributed by atoms with Crippen LogP contribution in [0.5, 0.6) is 5.75 Å². The van der Waals surface area contributed by atoms with Crippen LogP contribution >= 0.6 is 0 Å². The fourth-order valence-electron chi connectivity index (χ4n) is 1.72. The Balaban J connectivity index is 2.29. The lowest BCUT2D eigenvalue weighted by molar-refractivity contribution is 0.0600. The number of rotatable bonds is 7. The minimum atomic E-state index is -0.352. The Morgan fingerprint density at radius 3 is 2.45 bits per heavy atom. The second-order valence-electron chi connectivity index (χ2n) is 5.32. The topological polar surface area (TPSA) is 59.3 Å². The predicted octanol–water partition coefficient (Wildman–Crippen LogP) is 3.57. The van der Waals surface area contributed by atoms with E-state index in [1.54, 1.807) is 24.3 Å². The molecule has 0 bridgehead atoms. The molecule has 0 N–H and O–H groups in total. The third-order valence-corrected chi connectivity index (χ3v) is 3.04. The first-order valence-electron chi connectivity index (χ1n) is 6.71. The third kappa shape index (κ3) is 5.31. The van der Waals surface area contributed by atoms with Gasteiger partial charge in [0.2, 0.25) is 0 Å². The maximum Gasteiger partial charge on any atom is 0.337 e. The number of ether oxygens (including phenoxy) is 2. The third-order valence-electron chi connectivity index (χ3n) is 3.04. The smallest absolute Gasteiger partial charge is 0.337 e. The first kappa shape index (κ1) is 16.0. The lowest BCUT2D eigenvalue weighted by Crippen LogP contribution is -2.08. The van der Waals surface area contributed by atoms with E-state index in [0.717, 1.165) is 25.0 Å². The van der Waals surface area contributed by atoms with Gasteiger partial charge in [0.25, 0.3) is 0 Å². The van der Waals surface area contributed by atoms with E-state index in [4.69, 9.17) is 10.00 Å². The fourth-order valence-corrected chi connectivity index (χ4v) is 1.72. The Hall–Kier alpha value is -2.02. The first-order chi connectivity index (χ1) is 9.48. The largest absolute Gasteiger partial charge is 0.494 e. The number of nitrogens with zero attached hydrogens (tertiary/aromatic N) is 1. The molecule has 1 aromatic carbocycles. The van der Waals surface area contributed by atoms with Gasteiger partial charge in [-0.05, 0) is 57.4 Å². The average molecular weight is 275 g/mol. The highest BCUT2D eigenvalue weighted by atomic mass is 16.5. The molecule has 108 valence electrons. The number of hydrogen-bond donors (Lipinski definition) is 0. The van der Waals surface area contributed by atoms with Gasteiger partial charge in [-0.25, -0.2) is 4.79 Å².